The van der Waals surface area contributed by atoms with E-state index in [0.717, 1.165) is 37.7 Å². The van der Waals surface area contributed by atoms with Gasteiger partial charge in [-0.1, -0.05) is 6.07 Å². The minimum absolute atomic E-state index is 0. The molecule has 0 N–H and O–H groups in total. The molecule has 0 saturated carbocycles. The quantitative estimate of drug-likeness (QED) is 0.778. The number of halogens is 1. The number of carbonyl (C=O) groups is 1. The van der Waals surface area contributed by atoms with Crippen molar-refractivity contribution in [1.29, 1.82) is 0 Å². The third kappa shape index (κ3) is 3.87. The lowest BCUT2D eigenvalue weighted by Crippen LogP contribution is -2.37. The van der Waals surface area contributed by atoms with Crippen LogP contribution in [0.2, 0.25) is 0 Å². The Kier molecular flexibility index (Phi) is 5.98. The lowest BCUT2D eigenvalue weighted by atomic mass is 10.2. The molecule has 1 fully saturated rings. The van der Waals surface area contributed by atoms with Gasteiger partial charge in [-0.25, -0.2) is 0 Å². The van der Waals surface area contributed by atoms with Crippen LogP contribution in [0.1, 0.15) is 16.1 Å². The first-order valence-corrected chi connectivity index (χ1v) is 6.11. The Morgan fingerprint density at radius 2 is 2.19 bits per heavy atom. The molecular formula is C11H16ClNO2S. The van der Waals surface area contributed by atoms with Gasteiger partial charge in [-0.05, 0) is 11.4 Å². The van der Waals surface area contributed by atoms with E-state index in [9.17, 15) is 4.79 Å². The predicted molar refractivity (Wildman–Crippen MR) is 67.8 cm³/mol. The largest absolute Gasteiger partial charge is 0.379 e. The van der Waals surface area contributed by atoms with Crippen LogP contribution in [0.15, 0.2) is 17.5 Å². The number of rotatable bonds is 4. The van der Waals surface area contributed by atoms with Gasteiger partial charge >= 0.3 is 0 Å². The fourth-order valence-corrected chi connectivity index (χ4v) is 2.34. The molecule has 5 heteroatoms. The fourth-order valence-electron chi connectivity index (χ4n) is 1.64. The zero-order chi connectivity index (χ0) is 10.5. The van der Waals surface area contributed by atoms with E-state index >= 15 is 0 Å². The van der Waals surface area contributed by atoms with Crippen LogP contribution in [0, 0.1) is 0 Å². The molecule has 1 aromatic rings. The van der Waals surface area contributed by atoms with E-state index in [0.29, 0.717) is 6.42 Å². The van der Waals surface area contributed by atoms with E-state index < -0.39 is 0 Å². The van der Waals surface area contributed by atoms with Crippen LogP contribution >= 0.6 is 23.7 Å². The molecule has 90 valence electrons. The summed E-state index contributed by atoms with van der Waals surface area (Å²) in [6.07, 6.45) is 0.626. The molecule has 0 unspecified atom stereocenters. The Labute approximate surface area is 106 Å². The lowest BCUT2D eigenvalue weighted by Gasteiger charge is -2.26. The van der Waals surface area contributed by atoms with Crippen molar-refractivity contribution in [3.05, 3.63) is 22.4 Å². The van der Waals surface area contributed by atoms with Gasteiger partial charge in [-0.2, -0.15) is 0 Å². The summed E-state index contributed by atoms with van der Waals surface area (Å²) in [5, 5.41) is 1.95. The van der Waals surface area contributed by atoms with Crippen molar-refractivity contribution in [2.75, 3.05) is 32.8 Å². The van der Waals surface area contributed by atoms with E-state index in [1.807, 2.05) is 17.5 Å². The molecule has 1 aromatic heterocycles. The van der Waals surface area contributed by atoms with Crippen molar-refractivity contribution in [3.63, 3.8) is 0 Å². The van der Waals surface area contributed by atoms with E-state index in [1.165, 1.54) is 11.3 Å². The molecule has 0 atom stereocenters. The highest BCUT2D eigenvalue weighted by molar-refractivity contribution is 7.12. The van der Waals surface area contributed by atoms with Gasteiger partial charge in [0.05, 0.1) is 18.1 Å². The van der Waals surface area contributed by atoms with Gasteiger partial charge in [0.1, 0.15) is 0 Å². The molecule has 1 saturated heterocycles. The first kappa shape index (κ1) is 13.6. The van der Waals surface area contributed by atoms with Crippen molar-refractivity contribution in [3.8, 4) is 0 Å². The second-order valence-electron chi connectivity index (χ2n) is 3.60. The number of nitrogens with zero attached hydrogens (tertiary/aromatic N) is 1. The maximum absolute atomic E-state index is 11.7. The van der Waals surface area contributed by atoms with Crippen LogP contribution in [0.4, 0.5) is 0 Å². The standard InChI is InChI=1S/C11H15NO2S.ClH/c13-10(11-2-1-9-15-11)3-4-12-5-7-14-8-6-12;/h1-2,9H,3-8H2;1H. The highest BCUT2D eigenvalue weighted by Gasteiger charge is 2.13. The number of morpholine rings is 1. The van der Waals surface area contributed by atoms with Crippen molar-refractivity contribution < 1.29 is 9.53 Å². The van der Waals surface area contributed by atoms with Gasteiger partial charge in [0.25, 0.3) is 0 Å². The number of ketones is 1. The van der Waals surface area contributed by atoms with Gasteiger partial charge < -0.3 is 4.74 Å². The maximum atomic E-state index is 11.7. The molecule has 0 aromatic carbocycles. The second kappa shape index (κ2) is 7.01. The normalized spacial score (nSPS) is 16.8. The van der Waals surface area contributed by atoms with E-state index in [-0.39, 0.29) is 18.2 Å². The summed E-state index contributed by atoms with van der Waals surface area (Å²) in [4.78, 5) is 14.9. The van der Waals surface area contributed by atoms with Crippen LogP contribution in [-0.4, -0.2) is 43.5 Å². The smallest absolute Gasteiger partial charge is 0.174 e. The van der Waals surface area contributed by atoms with Gasteiger partial charge in [-0.3, -0.25) is 9.69 Å². The zero-order valence-electron chi connectivity index (χ0n) is 9.05. The topological polar surface area (TPSA) is 29.5 Å². The Morgan fingerprint density at radius 1 is 1.44 bits per heavy atom. The molecular weight excluding hydrogens is 246 g/mol. The summed E-state index contributed by atoms with van der Waals surface area (Å²) >= 11 is 1.52. The highest BCUT2D eigenvalue weighted by atomic mass is 35.5. The van der Waals surface area contributed by atoms with Crippen LogP contribution < -0.4 is 0 Å². The second-order valence-corrected chi connectivity index (χ2v) is 4.55. The Balaban J connectivity index is 0.00000128. The van der Waals surface area contributed by atoms with Crippen LogP contribution in [-0.2, 0) is 4.74 Å². The molecule has 1 aliphatic rings. The van der Waals surface area contributed by atoms with Gasteiger partial charge in [0.15, 0.2) is 5.78 Å². The molecule has 0 amide bonds. The van der Waals surface area contributed by atoms with E-state index in [4.69, 9.17) is 4.74 Å². The molecule has 0 spiro atoms. The van der Waals surface area contributed by atoms with Crippen molar-refractivity contribution in [2.45, 2.75) is 6.42 Å². The lowest BCUT2D eigenvalue weighted by molar-refractivity contribution is 0.0370. The summed E-state index contributed by atoms with van der Waals surface area (Å²) in [6.45, 7) is 4.37. The Hall–Kier alpha value is -0.420. The minimum atomic E-state index is 0. The van der Waals surface area contributed by atoms with Gasteiger partial charge in [-0.15, -0.1) is 23.7 Å². The summed E-state index contributed by atoms with van der Waals surface area (Å²) in [5.41, 5.74) is 0. The van der Waals surface area contributed by atoms with Crippen molar-refractivity contribution in [1.82, 2.24) is 4.90 Å². The predicted octanol–water partition coefficient (Wildman–Crippen LogP) is 2.07. The number of thiophene rings is 1. The van der Waals surface area contributed by atoms with Crippen molar-refractivity contribution >= 4 is 29.5 Å². The first-order valence-electron chi connectivity index (χ1n) is 5.23. The molecule has 0 bridgehead atoms. The van der Waals surface area contributed by atoms with Crippen LogP contribution in [0.5, 0.6) is 0 Å². The number of hydrogen-bond donors (Lipinski definition) is 0. The molecule has 2 heterocycles. The minimum Gasteiger partial charge on any atom is -0.379 e. The van der Waals surface area contributed by atoms with Gasteiger partial charge in [0.2, 0.25) is 0 Å². The molecule has 1 aliphatic heterocycles. The third-order valence-electron chi connectivity index (χ3n) is 2.55. The molecule has 16 heavy (non-hydrogen) atoms. The SMILES string of the molecule is Cl.O=C(CCN1CCOCC1)c1cccs1. The molecule has 0 radical (unpaired) electrons. The van der Waals surface area contributed by atoms with E-state index in [1.54, 1.807) is 0 Å². The fraction of sp³-hybridized carbons (Fsp3) is 0.545. The zero-order valence-corrected chi connectivity index (χ0v) is 10.7. The number of Topliss-reactive ketones (excluding diaryl/α,β-unsaturated/α-hetero) is 1. The number of ether oxygens (including phenoxy) is 1. The van der Waals surface area contributed by atoms with Crippen LogP contribution in [0.3, 0.4) is 0 Å². The summed E-state index contributed by atoms with van der Waals surface area (Å²) in [5.74, 6) is 0.261. The molecule has 0 aliphatic carbocycles. The van der Waals surface area contributed by atoms with Crippen LogP contribution in [0.25, 0.3) is 0 Å². The van der Waals surface area contributed by atoms with Crippen molar-refractivity contribution in [2.24, 2.45) is 0 Å². The summed E-state index contributed by atoms with van der Waals surface area (Å²) in [7, 11) is 0. The summed E-state index contributed by atoms with van der Waals surface area (Å²) in [6, 6.07) is 3.82. The first-order chi connectivity index (χ1) is 7.36. The highest BCUT2D eigenvalue weighted by Crippen LogP contribution is 2.11. The number of hydrogen-bond acceptors (Lipinski definition) is 4. The average Bonchev–Trinajstić information content (AvgIpc) is 2.81. The Bertz CT molecular complexity index is 310. The molecule has 2 rings (SSSR count). The van der Waals surface area contributed by atoms with E-state index in [2.05, 4.69) is 4.90 Å². The average molecular weight is 262 g/mol. The maximum Gasteiger partial charge on any atom is 0.174 e. The molecule has 3 nitrogen and oxygen atoms in total. The third-order valence-corrected chi connectivity index (χ3v) is 3.47. The Morgan fingerprint density at radius 3 is 2.81 bits per heavy atom. The summed E-state index contributed by atoms with van der Waals surface area (Å²) < 4.78 is 5.25. The van der Waals surface area contributed by atoms with Gasteiger partial charge in [0, 0.05) is 26.1 Å². The number of carbonyl (C=O) groups excluding carboxylic acids is 1. The monoisotopic (exact) mass is 261 g/mol.